The van der Waals surface area contributed by atoms with Gasteiger partial charge >= 0.3 is 0 Å². The van der Waals surface area contributed by atoms with Gasteiger partial charge in [0.1, 0.15) is 11.8 Å². The van der Waals surface area contributed by atoms with Crippen LogP contribution in [0.3, 0.4) is 0 Å². The van der Waals surface area contributed by atoms with Crippen LogP contribution in [0.5, 0.6) is 0 Å². The molecule has 0 unspecified atom stereocenters. The van der Waals surface area contributed by atoms with Gasteiger partial charge in [-0.05, 0) is 19.3 Å². The van der Waals surface area contributed by atoms with Gasteiger partial charge in [-0.1, -0.05) is 0 Å². The number of likely N-dealkylation sites (tertiary alicyclic amines) is 1. The third kappa shape index (κ3) is 2.05. The van der Waals surface area contributed by atoms with Gasteiger partial charge < -0.3 is 9.88 Å². The summed E-state index contributed by atoms with van der Waals surface area (Å²) in [4.78, 5) is 29.4. The van der Waals surface area contributed by atoms with E-state index in [9.17, 15) is 4.79 Å². The van der Waals surface area contributed by atoms with E-state index in [1.807, 2.05) is 4.90 Å². The Kier molecular flexibility index (Phi) is 2.92. The van der Waals surface area contributed by atoms with Crippen LogP contribution in [0, 0.1) is 0 Å². The maximum absolute atomic E-state index is 12.2. The first kappa shape index (κ1) is 11.1. The number of hydrogen-bond donors (Lipinski definition) is 1. The molecule has 0 atom stereocenters. The molecule has 94 valence electrons. The summed E-state index contributed by atoms with van der Waals surface area (Å²) < 4.78 is 0. The summed E-state index contributed by atoms with van der Waals surface area (Å²) in [7, 11) is 0. The highest BCUT2D eigenvalue weighted by molar-refractivity contribution is 5.83. The molecule has 1 amide bonds. The molecule has 0 saturated carbocycles. The van der Waals surface area contributed by atoms with Gasteiger partial charge in [-0.2, -0.15) is 0 Å². The molecular formula is C12H15N5O. The molecule has 0 aromatic carbocycles. The smallest absolute Gasteiger partial charge is 0.228 e. The standard InChI is InChI=1S/C12H15N5O/c18-10(17-4-2-1-3-5-17)6-9-11-12(15-7-13-9)16-8-14-11/h7-8H,1-6H2,(H,13,14,15,16). The number of imidazole rings is 1. The van der Waals surface area contributed by atoms with Gasteiger partial charge in [-0.3, -0.25) is 4.79 Å². The van der Waals surface area contributed by atoms with E-state index in [2.05, 4.69) is 19.9 Å². The average molecular weight is 245 g/mol. The molecule has 18 heavy (non-hydrogen) atoms. The van der Waals surface area contributed by atoms with Crippen molar-refractivity contribution in [2.24, 2.45) is 0 Å². The van der Waals surface area contributed by atoms with E-state index in [0.717, 1.165) is 37.1 Å². The van der Waals surface area contributed by atoms with E-state index >= 15 is 0 Å². The number of aromatic nitrogens is 4. The molecule has 0 radical (unpaired) electrons. The third-order valence-corrected chi connectivity index (χ3v) is 3.33. The summed E-state index contributed by atoms with van der Waals surface area (Å²) in [5, 5.41) is 0. The molecule has 1 aliphatic rings. The molecule has 3 heterocycles. The topological polar surface area (TPSA) is 74.8 Å². The first-order chi connectivity index (χ1) is 8.84. The summed E-state index contributed by atoms with van der Waals surface area (Å²) in [5.41, 5.74) is 2.11. The SMILES string of the molecule is O=C(Cc1ncnc2nc[nH]c12)N1CCCCC1. The van der Waals surface area contributed by atoms with Gasteiger partial charge in [0.2, 0.25) is 5.91 Å². The number of amides is 1. The Morgan fingerprint density at radius 3 is 2.89 bits per heavy atom. The van der Waals surface area contributed by atoms with E-state index in [1.165, 1.54) is 12.7 Å². The van der Waals surface area contributed by atoms with Gasteiger partial charge in [-0.25, -0.2) is 15.0 Å². The number of nitrogens with one attached hydrogen (secondary N) is 1. The number of rotatable bonds is 2. The summed E-state index contributed by atoms with van der Waals surface area (Å²) in [6.07, 6.45) is 6.80. The number of carbonyl (C=O) groups excluding carboxylic acids is 1. The minimum atomic E-state index is 0.143. The summed E-state index contributed by atoms with van der Waals surface area (Å²) in [6, 6.07) is 0. The molecule has 2 aromatic rings. The summed E-state index contributed by atoms with van der Waals surface area (Å²) >= 11 is 0. The van der Waals surface area contributed by atoms with Crippen molar-refractivity contribution < 1.29 is 4.79 Å². The molecule has 0 spiro atoms. The maximum atomic E-state index is 12.2. The van der Waals surface area contributed by atoms with Crippen LogP contribution < -0.4 is 0 Å². The lowest BCUT2D eigenvalue weighted by atomic mass is 10.1. The van der Waals surface area contributed by atoms with E-state index < -0.39 is 0 Å². The fourth-order valence-corrected chi connectivity index (χ4v) is 2.35. The van der Waals surface area contributed by atoms with Crippen molar-refractivity contribution in [3.8, 4) is 0 Å². The van der Waals surface area contributed by atoms with Crippen LogP contribution in [0.25, 0.3) is 11.2 Å². The van der Waals surface area contributed by atoms with Crippen LogP contribution in [0.2, 0.25) is 0 Å². The first-order valence-corrected chi connectivity index (χ1v) is 6.25. The lowest BCUT2D eigenvalue weighted by molar-refractivity contribution is -0.131. The molecule has 3 rings (SSSR count). The summed E-state index contributed by atoms with van der Waals surface area (Å²) in [5.74, 6) is 0.143. The Morgan fingerprint density at radius 1 is 1.22 bits per heavy atom. The van der Waals surface area contributed by atoms with Gasteiger partial charge in [-0.15, -0.1) is 0 Å². The Hall–Kier alpha value is -1.98. The second-order valence-corrected chi connectivity index (χ2v) is 4.54. The van der Waals surface area contributed by atoms with Crippen molar-refractivity contribution in [1.82, 2.24) is 24.8 Å². The fraction of sp³-hybridized carbons (Fsp3) is 0.500. The molecule has 6 heteroatoms. The first-order valence-electron chi connectivity index (χ1n) is 6.25. The van der Waals surface area contributed by atoms with E-state index in [-0.39, 0.29) is 5.91 Å². The molecule has 6 nitrogen and oxygen atoms in total. The molecule has 2 aromatic heterocycles. The Balaban J connectivity index is 1.79. The van der Waals surface area contributed by atoms with Crippen LogP contribution in [0.15, 0.2) is 12.7 Å². The van der Waals surface area contributed by atoms with Crippen molar-refractivity contribution >= 4 is 17.1 Å². The molecular weight excluding hydrogens is 230 g/mol. The van der Waals surface area contributed by atoms with Crippen LogP contribution in [-0.2, 0) is 11.2 Å². The van der Waals surface area contributed by atoms with Gasteiger partial charge in [0.15, 0.2) is 5.65 Å². The Bertz CT molecular complexity index is 558. The summed E-state index contributed by atoms with van der Waals surface area (Å²) in [6.45, 7) is 1.74. The largest absolute Gasteiger partial charge is 0.342 e. The molecule has 0 bridgehead atoms. The van der Waals surface area contributed by atoms with Crippen LogP contribution in [0.1, 0.15) is 25.0 Å². The van der Waals surface area contributed by atoms with E-state index in [0.29, 0.717) is 12.1 Å². The minimum Gasteiger partial charge on any atom is -0.342 e. The average Bonchev–Trinajstić information content (AvgIpc) is 2.89. The zero-order chi connectivity index (χ0) is 12.4. The van der Waals surface area contributed by atoms with E-state index in [1.54, 1.807) is 6.33 Å². The Labute approximate surface area is 104 Å². The van der Waals surface area contributed by atoms with Crippen LogP contribution in [-0.4, -0.2) is 43.8 Å². The lowest BCUT2D eigenvalue weighted by Gasteiger charge is -2.26. The second-order valence-electron chi connectivity index (χ2n) is 4.54. The number of hydrogen-bond acceptors (Lipinski definition) is 4. The normalized spacial score (nSPS) is 16.1. The van der Waals surface area contributed by atoms with Gasteiger partial charge in [0.05, 0.1) is 18.4 Å². The molecule has 1 N–H and O–H groups in total. The highest BCUT2D eigenvalue weighted by atomic mass is 16.2. The highest BCUT2D eigenvalue weighted by Gasteiger charge is 2.18. The number of nitrogens with zero attached hydrogens (tertiary/aromatic N) is 4. The van der Waals surface area contributed by atoms with Crippen molar-refractivity contribution in [3.63, 3.8) is 0 Å². The quantitative estimate of drug-likeness (QED) is 0.853. The number of H-pyrrole nitrogens is 1. The van der Waals surface area contributed by atoms with E-state index in [4.69, 9.17) is 0 Å². The van der Waals surface area contributed by atoms with Crippen molar-refractivity contribution in [2.45, 2.75) is 25.7 Å². The van der Waals surface area contributed by atoms with Crippen molar-refractivity contribution in [1.29, 1.82) is 0 Å². The number of fused-ring (bicyclic) bond motifs is 1. The van der Waals surface area contributed by atoms with Crippen LogP contribution in [0.4, 0.5) is 0 Å². The van der Waals surface area contributed by atoms with Gasteiger partial charge in [0.25, 0.3) is 0 Å². The predicted molar refractivity (Wildman–Crippen MR) is 65.8 cm³/mol. The number of carbonyl (C=O) groups is 1. The molecule has 0 aliphatic carbocycles. The number of piperidine rings is 1. The lowest BCUT2D eigenvalue weighted by Crippen LogP contribution is -2.36. The predicted octanol–water partition coefficient (Wildman–Crippen LogP) is 0.908. The van der Waals surface area contributed by atoms with Crippen molar-refractivity contribution in [2.75, 3.05) is 13.1 Å². The molecule has 1 fully saturated rings. The number of aromatic amines is 1. The molecule has 1 saturated heterocycles. The van der Waals surface area contributed by atoms with Crippen LogP contribution >= 0.6 is 0 Å². The third-order valence-electron chi connectivity index (χ3n) is 3.33. The Morgan fingerprint density at radius 2 is 2.06 bits per heavy atom. The highest BCUT2D eigenvalue weighted by Crippen LogP contribution is 2.14. The van der Waals surface area contributed by atoms with Gasteiger partial charge in [0, 0.05) is 13.1 Å². The minimum absolute atomic E-state index is 0.143. The zero-order valence-electron chi connectivity index (χ0n) is 10.1. The fourth-order valence-electron chi connectivity index (χ4n) is 2.35. The molecule has 1 aliphatic heterocycles. The monoisotopic (exact) mass is 245 g/mol. The maximum Gasteiger partial charge on any atom is 0.228 e. The van der Waals surface area contributed by atoms with Crippen molar-refractivity contribution in [3.05, 3.63) is 18.3 Å². The second kappa shape index (κ2) is 4.72. The zero-order valence-corrected chi connectivity index (χ0v) is 10.1.